The number of methoxy groups -OCH3 is 1. The molecular weight excluding hydrogens is 256 g/mol. The lowest BCUT2D eigenvalue weighted by atomic mass is 9.99. The van der Waals surface area contributed by atoms with E-state index < -0.39 is 6.04 Å². The first kappa shape index (κ1) is 13.2. The van der Waals surface area contributed by atoms with Crippen molar-refractivity contribution in [1.29, 1.82) is 10.5 Å². The zero-order chi connectivity index (χ0) is 14.5. The van der Waals surface area contributed by atoms with Gasteiger partial charge in [0.05, 0.1) is 12.7 Å². The number of hydrogen-bond donors (Lipinski definition) is 3. The Morgan fingerprint density at radius 3 is 2.60 bits per heavy atom. The number of benzene rings is 1. The van der Waals surface area contributed by atoms with Gasteiger partial charge in [-0.05, 0) is 17.7 Å². The Kier molecular flexibility index (Phi) is 3.73. The van der Waals surface area contributed by atoms with Gasteiger partial charge in [-0.15, -0.1) is 0 Å². The van der Waals surface area contributed by atoms with E-state index >= 15 is 0 Å². The third kappa shape index (κ3) is 2.47. The van der Waals surface area contributed by atoms with Crippen LogP contribution >= 0.6 is 0 Å². The van der Waals surface area contributed by atoms with Gasteiger partial charge in [-0.3, -0.25) is 5.32 Å². The monoisotopic (exact) mass is 268 g/mol. The first-order valence-electron chi connectivity index (χ1n) is 5.73. The summed E-state index contributed by atoms with van der Waals surface area (Å²) in [6.07, 6.45) is 1.76. The van der Waals surface area contributed by atoms with Crippen LogP contribution in [0.2, 0.25) is 0 Å². The highest BCUT2D eigenvalue weighted by molar-refractivity contribution is 5.84. The van der Waals surface area contributed by atoms with Crippen molar-refractivity contribution >= 4 is 5.96 Å². The van der Waals surface area contributed by atoms with Crippen LogP contribution in [0.5, 0.6) is 5.75 Å². The minimum Gasteiger partial charge on any atom is -0.497 e. The molecule has 0 saturated carbocycles. The molecule has 100 valence electrons. The van der Waals surface area contributed by atoms with Crippen molar-refractivity contribution in [3.05, 3.63) is 41.2 Å². The Labute approximate surface area is 116 Å². The predicted molar refractivity (Wildman–Crippen MR) is 71.9 cm³/mol. The van der Waals surface area contributed by atoms with E-state index in [1.165, 1.54) is 0 Å². The zero-order valence-corrected chi connectivity index (χ0v) is 10.7. The Balaban J connectivity index is 2.41. The lowest BCUT2D eigenvalue weighted by Crippen LogP contribution is -2.41. The van der Waals surface area contributed by atoms with Gasteiger partial charge in [-0.2, -0.15) is 10.5 Å². The Morgan fingerprint density at radius 1 is 1.35 bits per heavy atom. The molecule has 1 aliphatic heterocycles. The van der Waals surface area contributed by atoms with Crippen molar-refractivity contribution in [2.45, 2.75) is 6.04 Å². The molecule has 0 saturated heterocycles. The molecule has 1 heterocycles. The third-order valence-corrected chi connectivity index (χ3v) is 2.80. The number of nitrogens with zero attached hydrogens (tertiary/aromatic N) is 3. The topological polar surface area (TPSA) is 119 Å². The van der Waals surface area contributed by atoms with E-state index in [4.69, 9.17) is 15.7 Å². The number of nitrogens with two attached hydrogens (primary N) is 1. The summed E-state index contributed by atoms with van der Waals surface area (Å²) < 4.78 is 5.09. The number of ether oxygens (including phenoxy) is 1. The molecular formula is C13H12N6O. The number of hydrogen-bond acceptors (Lipinski definition) is 7. The van der Waals surface area contributed by atoms with E-state index in [2.05, 4.69) is 15.6 Å². The minimum atomic E-state index is -0.553. The molecule has 0 fully saturated rings. The van der Waals surface area contributed by atoms with Crippen LogP contribution in [0.15, 0.2) is 40.7 Å². The Morgan fingerprint density at radius 2 is 2.05 bits per heavy atom. The van der Waals surface area contributed by atoms with Crippen LogP contribution in [-0.4, -0.2) is 13.1 Å². The highest BCUT2D eigenvalue weighted by atomic mass is 16.5. The third-order valence-electron chi connectivity index (χ3n) is 2.80. The van der Waals surface area contributed by atoms with Crippen molar-refractivity contribution in [3.8, 4) is 18.0 Å². The van der Waals surface area contributed by atoms with Gasteiger partial charge in [0, 0.05) is 0 Å². The summed E-state index contributed by atoms with van der Waals surface area (Å²) in [5.74, 6) is 1.10. The molecule has 7 nitrogen and oxygen atoms in total. The molecule has 1 aromatic rings. The van der Waals surface area contributed by atoms with Crippen molar-refractivity contribution in [1.82, 2.24) is 10.6 Å². The highest BCUT2D eigenvalue weighted by Crippen LogP contribution is 2.29. The molecule has 4 N–H and O–H groups in total. The number of rotatable bonds is 2. The molecule has 1 unspecified atom stereocenters. The van der Waals surface area contributed by atoms with E-state index in [9.17, 15) is 5.26 Å². The van der Waals surface area contributed by atoms with E-state index in [-0.39, 0.29) is 11.8 Å². The maximum Gasteiger partial charge on any atom is 0.211 e. The van der Waals surface area contributed by atoms with Gasteiger partial charge in [0.25, 0.3) is 0 Å². The smallest absolute Gasteiger partial charge is 0.211 e. The molecule has 1 aromatic carbocycles. The van der Waals surface area contributed by atoms with Gasteiger partial charge < -0.3 is 15.8 Å². The summed E-state index contributed by atoms with van der Waals surface area (Å²) in [7, 11) is 1.57. The molecule has 1 atom stereocenters. The van der Waals surface area contributed by atoms with Gasteiger partial charge in [0.15, 0.2) is 6.19 Å². The van der Waals surface area contributed by atoms with Crippen molar-refractivity contribution < 1.29 is 4.74 Å². The fourth-order valence-electron chi connectivity index (χ4n) is 1.83. The summed E-state index contributed by atoms with van der Waals surface area (Å²) >= 11 is 0. The van der Waals surface area contributed by atoms with Crippen LogP contribution in [0.4, 0.5) is 0 Å². The Bertz CT molecular complexity index is 647. The molecule has 0 aliphatic carbocycles. The number of guanidine groups is 1. The number of nitriles is 2. The van der Waals surface area contributed by atoms with Gasteiger partial charge in [-0.1, -0.05) is 12.1 Å². The summed E-state index contributed by atoms with van der Waals surface area (Å²) in [4.78, 5) is 4.27. The normalized spacial score (nSPS) is 17.4. The van der Waals surface area contributed by atoms with E-state index in [1.807, 2.05) is 6.07 Å². The molecule has 0 spiro atoms. The maximum absolute atomic E-state index is 9.20. The van der Waals surface area contributed by atoms with E-state index in [0.29, 0.717) is 11.3 Å². The number of nitrogens with one attached hydrogen (secondary N) is 2. The molecule has 0 aromatic heterocycles. The molecule has 0 bridgehead atoms. The molecule has 0 radical (unpaired) electrons. The second-order valence-electron chi connectivity index (χ2n) is 3.95. The molecule has 2 rings (SSSR count). The van der Waals surface area contributed by atoms with Crippen molar-refractivity contribution in [2.24, 2.45) is 10.7 Å². The minimum absolute atomic E-state index is 0.182. The van der Waals surface area contributed by atoms with Gasteiger partial charge in [-0.25, -0.2) is 4.99 Å². The highest BCUT2D eigenvalue weighted by Gasteiger charge is 2.24. The van der Waals surface area contributed by atoms with Crippen LogP contribution in [0.1, 0.15) is 11.6 Å². The Hall–Kier alpha value is -3.19. The van der Waals surface area contributed by atoms with Gasteiger partial charge >= 0.3 is 0 Å². The molecule has 1 aliphatic rings. The van der Waals surface area contributed by atoms with Gasteiger partial charge in [0.1, 0.15) is 23.7 Å². The summed E-state index contributed by atoms with van der Waals surface area (Å²) in [5.41, 5.74) is 6.87. The van der Waals surface area contributed by atoms with Crippen LogP contribution < -0.4 is 21.1 Å². The van der Waals surface area contributed by atoms with Crippen LogP contribution in [-0.2, 0) is 0 Å². The summed E-state index contributed by atoms with van der Waals surface area (Å²) in [6, 6.07) is 8.63. The van der Waals surface area contributed by atoms with Crippen LogP contribution in [0, 0.1) is 22.8 Å². The fraction of sp³-hybridized carbons (Fsp3) is 0.154. The fourth-order valence-corrected chi connectivity index (χ4v) is 1.83. The largest absolute Gasteiger partial charge is 0.497 e. The predicted octanol–water partition coefficient (Wildman–Crippen LogP) is 0.460. The first-order valence-corrected chi connectivity index (χ1v) is 5.73. The molecule has 7 heteroatoms. The quantitative estimate of drug-likeness (QED) is 0.529. The summed E-state index contributed by atoms with van der Waals surface area (Å²) in [5, 5.41) is 22.9. The van der Waals surface area contributed by atoms with E-state index in [1.54, 1.807) is 37.6 Å². The van der Waals surface area contributed by atoms with Crippen LogP contribution in [0.3, 0.4) is 0 Å². The average Bonchev–Trinajstić information content (AvgIpc) is 2.47. The second-order valence-corrected chi connectivity index (χ2v) is 3.95. The SMILES string of the molecule is COc1ccc(C2N=C(NC#N)NC(N)=C2C#N)cc1. The van der Waals surface area contributed by atoms with Gasteiger partial charge in [0.2, 0.25) is 5.96 Å². The molecule has 20 heavy (non-hydrogen) atoms. The van der Waals surface area contributed by atoms with Crippen molar-refractivity contribution in [3.63, 3.8) is 0 Å². The lowest BCUT2D eigenvalue weighted by Gasteiger charge is -2.22. The molecule has 0 amide bonds. The van der Waals surface area contributed by atoms with Crippen LogP contribution in [0.25, 0.3) is 0 Å². The summed E-state index contributed by atoms with van der Waals surface area (Å²) in [6.45, 7) is 0. The first-order chi connectivity index (χ1) is 9.69. The average molecular weight is 268 g/mol. The second kappa shape index (κ2) is 5.63. The zero-order valence-electron chi connectivity index (χ0n) is 10.7. The van der Waals surface area contributed by atoms with E-state index in [0.717, 1.165) is 5.56 Å². The number of aliphatic imine (C=N–C) groups is 1. The maximum atomic E-state index is 9.20. The van der Waals surface area contributed by atoms with Crippen molar-refractivity contribution in [2.75, 3.05) is 7.11 Å². The standard InChI is InChI=1S/C13H12N6O/c1-20-9-4-2-8(3-5-9)11-10(6-14)12(16)19-13(18-11)17-7-15/h2-5,11H,16H2,1H3,(H2,17,18,19). The lowest BCUT2D eigenvalue weighted by molar-refractivity contribution is 0.414.